The van der Waals surface area contributed by atoms with Crippen LogP contribution in [0.15, 0.2) is 31.4 Å². The Morgan fingerprint density at radius 1 is 1.21 bits per heavy atom. The number of ether oxygens (including phenoxy) is 2. The quantitative estimate of drug-likeness (QED) is 0.778. The molecule has 0 aliphatic carbocycles. The molecule has 0 aliphatic rings. The SMILES string of the molecule is C=CCOc1c(Cl)cc(C(=O)O)c(Cl)c1OCC=C. The third-order valence-electron chi connectivity index (χ3n) is 2.05. The fourth-order valence-corrected chi connectivity index (χ4v) is 1.81. The Bertz CT molecular complexity index is 512. The van der Waals surface area contributed by atoms with Gasteiger partial charge in [0, 0.05) is 0 Å². The third kappa shape index (κ3) is 3.66. The fourth-order valence-electron chi connectivity index (χ4n) is 1.29. The number of halogens is 2. The molecule has 1 N–H and O–H groups in total. The molecule has 0 aliphatic heterocycles. The van der Waals surface area contributed by atoms with E-state index in [4.69, 9.17) is 37.8 Å². The number of hydrogen-bond acceptors (Lipinski definition) is 3. The molecule has 1 aromatic carbocycles. The molecular weight excluding hydrogens is 291 g/mol. The molecule has 1 rings (SSSR count). The van der Waals surface area contributed by atoms with Crippen molar-refractivity contribution in [3.63, 3.8) is 0 Å². The molecule has 19 heavy (non-hydrogen) atoms. The van der Waals surface area contributed by atoms with Crippen molar-refractivity contribution in [2.75, 3.05) is 13.2 Å². The van der Waals surface area contributed by atoms with E-state index in [-0.39, 0.29) is 40.3 Å². The maximum Gasteiger partial charge on any atom is 0.337 e. The van der Waals surface area contributed by atoms with Gasteiger partial charge < -0.3 is 14.6 Å². The van der Waals surface area contributed by atoms with Crippen molar-refractivity contribution in [2.24, 2.45) is 0 Å². The molecule has 0 aromatic heterocycles. The van der Waals surface area contributed by atoms with Gasteiger partial charge in [-0.15, -0.1) is 0 Å². The summed E-state index contributed by atoms with van der Waals surface area (Å²) in [6, 6.07) is 1.21. The van der Waals surface area contributed by atoms with Crippen LogP contribution in [0.2, 0.25) is 10.0 Å². The Hall–Kier alpha value is -1.65. The maximum absolute atomic E-state index is 11.0. The molecular formula is C13H12Cl2O4. The van der Waals surface area contributed by atoms with Crippen LogP contribution in [0.1, 0.15) is 10.4 Å². The van der Waals surface area contributed by atoms with Crippen LogP contribution >= 0.6 is 23.2 Å². The minimum atomic E-state index is -1.20. The summed E-state index contributed by atoms with van der Waals surface area (Å²) in [6.07, 6.45) is 3.02. The second-order valence-corrected chi connectivity index (χ2v) is 4.17. The van der Waals surface area contributed by atoms with Gasteiger partial charge in [0.2, 0.25) is 0 Å². The van der Waals surface area contributed by atoms with Gasteiger partial charge in [0.15, 0.2) is 11.5 Å². The summed E-state index contributed by atoms with van der Waals surface area (Å²) in [5.41, 5.74) is -0.156. The summed E-state index contributed by atoms with van der Waals surface area (Å²) >= 11 is 12.0. The molecule has 0 radical (unpaired) electrons. The number of benzene rings is 1. The van der Waals surface area contributed by atoms with Crippen LogP contribution in [0, 0.1) is 0 Å². The normalized spacial score (nSPS) is 9.79. The predicted octanol–water partition coefficient (Wildman–Crippen LogP) is 3.82. The van der Waals surface area contributed by atoms with Crippen LogP contribution in [0.5, 0.6) is 11.5 Å². The van der Waals surface area contributed by atoms with E-state index in [9.17, 15) is 4.79 Å². The minimum Gasteiger partial charge on any atom is -0.484 e. The maximum atomic E-state index is 11.0. The zero-order chi connectivity index (χ0) is 14.4. The first-order chi connectivity index (χ1) is 9.02. The molecule has 102 valence electrons. The van der Waals surface area contributed by atoms with Gasteiger partial charge in [-0.3, -0.25) is 0 Å². The first-order valence-corrected chi connectivity index (χ1v) is 6.01. The van der Waals surface area contributed by atoms with Crippen LogP contribution in [0.3, 0.4) is 0 Å². The molecule has 0 spiro atoms. The van der Waals surface area contributed by atoms with Crippen LogP contribution in [-0.4, -0.2) is 24.3 Å². The predicted molar refractivity (Wildman–Crippen MR) is 74.8 cm³/mol. The molecule has 0 bridgehead atoms. The summed E-state index contributed by atoms with van der Waals surface area (Å²) in [7, 11) is 0. The lowest BCUT2D eigenvalue weighted by atomic mass is 10.2. The average Bonchev–Trinajstić information content (AvgIpc) is 2.37. The van der Waals surface area contributed by atoms with Crippen LogP contribution in [0.4, 0.5) is 0 Å². The topological polar surface area (TPSA) is 55.8 Å². The molecule has 0 fully saturated rings. The van der Waals surface area contributed by atoms with Crippen LogP contribution in [-0.2, 0) is 0 Å². The van der Waals surface area contributed by atoms with E-state index < -0.39 is 5.97 Å². The van der Waals surface area contributed by atoms with E-state index in [1.54, 1.807) is 0 Å². The summed E-state index contributed by atoms with van der Waals surface area (Å²) < 4.78 is 10.7. The number of hydrogen-bond donors (Lipinski definition) is 1. The summed E-state index contributed by atoms with van der Waals surface area (Å²) in [5, 5.41) is 9.06. The van der Waals surface area contributed by atoms with Crippen molar-refractivity contribution >= 4 is 29.2 Å². The van der Waals surface area contributed by atoms with Crippen LogP contribution < -0.4 is 9.47 Å². The molecule has 6 heteroatoms. The van der Waals surface area contributed by atoms with Gasteiger partial charge in [0.1, 0.15) is 18.2 Å². The Morgan fingerprint density at radius 3 is 2.21 bits per heavy atom. The number of carboxylic acids is 1. The highest BCUT2D eigenvalue weighted by Crippen LogP contribution is 2.43. The van der Waals surface area contributed by atoms with Gasteiger partial charge >= 0.3 is 5.97 Å². The second kappa shape index (κ2) is 7.07. The Labute approximate surface area is 120 Å². The lowest BCUT2D eigenvalue weighted by Gasteiger charge is -2.15. The van der Waals surface area contributed by atoms with E-state index in [0.29, 0.717) is 0 Å². The smallest absolute Gasteiger partial charge is 0.337 e. The van der Waals surface area contributed by atoms with Crippen molar-refractivity contribution < 1.29 is 19.4 Å². The molecule has 0 heterocycles. The standard InChI is InChI=1S/C13H12Cl2O4/c1-3-5-18-11-9(14)7-8(13(16)17)10(15)12(11)19-6-4-2/h3-4,7H,1-2,5-6H2,(H,16,17). The van der Waals surface area contributed by atoms with Gasteiger partial charge in [0.25, 0.3) is 0 Å². The van der Waals surface area contributed by atoms with Crippen molar-refractivity contribution in [1.82, 2.24) is 0 Å². The van der Waals surface area contributed by atoms with Gasteiger partial charge in [-0.25, -0.2) is 4.79 Å². The van der Waals surface area contributed by atoms with Crippen molar-refractivity contribution in [3.8, 4) is 11.5 Å². The summed E-state index contributed by atoms with van der Waals surface area (Å²) in [4.78, 5) is 11.0. The molecule has 4 nitrogen and oxygen atoms in total. The third-order valence-corrected chi connectivity index (χ3v) is 2.71. The van der Waals surface area contributed by atoms with Gasteiger partial charge in [-0.1, -0.05) is 48.5 Å². The molecule has 0 saturated heterocycles. The molecule has 1 aromatic rings. The van der Waals surface area contributed by atoms with E-state index in [2.05, 4.69) is 13.2 Å². The molecule has 0 atom stereocenters. The van der Waals surface area contributed by atoms with Crippen molar-refractivity contribution in [2.45, 2.75) is 0 Å². The van der Waals surface area contributed by atoms with E-state index in [0.717, 1.165) is 0 Å². The number of rotatable bonds is 7. The van der Waals surface area contributed by atoms with Gasteiger partial charge in [0.05, 0.1) is 10.6 Å². The largest absolute Gasteiger partial charge is 0.484 e. The summed E-state index contributed by atoms with van der Waals surface area (Å²) in [6.45, 7) is 7.35. The Morgan fingerprint density at radius 2 is 1.74 bits per heavy atom. The monoisotopic (exact) mass is 302 g/mol. The Kier molecular flexibility index (Phi) is 5.73. The van der Waals surface area contributed by atoms with Gasteiger partial charge in [-0.05, 0) is 6.07 Å². The second-order valence-electron chi connectivity index (χ2n) is 3.38. The highest BCUT2D eigenvalue weighted by Gasteiger charge is 2.22. The summed E-state index contributed by atoms with van der Waals surface area (Å²) in [5.74, 6) is -0.947. The van der Waals surface area contributed by atoms with Crippen molar-refractivity contribution in [1.29, 1.82) is 0 Å². The molecule has 0 unspecified atom stereocenters. The van der Waals surface area contributed by atoms with E-state index >= 15 is 0 Å². The number of aromatic carboxylic acids is 1. The average molecular weight is 303 g/mol. The lowest BCUT2D eigenvalue weighted by molar-refractivity contribution is 0.0696. The zero-order valence-corrected chi connectivity index (χ0v) is 11.5. The van der Waals surface area contributed by atoms with E-state index in [1.807, 2.05) is 0 Å². The Balaban J connectivity index is 3.34. The van der Waals surface area contributed by atoms with Crippen molar-refractivity contribution in [3.05, 3.63) is 47.0 Å². The number of carbonyl (C=O) groups is 1. The minimum absolute atomic E-state index is 0.0715. The number of carboxylic acid groups (broad SMARTS) is 1. The lowest BCUT2D eigenvalue weighted by Crippen LogP contribution is -2.05. The first-order valence-electron chi connectivity index (χ1n) is 5.25. The molecule has 0 amide bonds. The van der Waals surface area contributed by atoms with Gasteiger partial charge in [-0.2, -0.15) is 0 Å². The highest BCUT2D eigenvalue weighted by atomic mass is 35.5. The fraction of sp³-hybridized carbons (Fsp3) is 0.154. The van der Waals surface area contributed by atoms with E-state index in [1.165, 1.54) is 18.2 Å². The molecule has 0 saturated carbocycles. The van der Waals surface area contributed by atoms with Crippen LogP contribution in [0.25, 0.3) is 0 Å². The first kappa shape index (κ1) is 15.4. The zero-order valence-electron chi connectivity index (χ0n) is 9.99. The highest BCUT2D eigenvalue weighted by molar-refractivity contribution is 6.38.